The number of rotatable bonds is 4. The summed E-state index contributed by atoms with van der Waals surface area (Å²) >= 11 is 0. The fraction of sp³-hybridized carbons (Fsp3) is 0.417. The van der Waals surface area contributed by atoms with Gasteiger partial charge in [-0.25, -0.2) is 0 Å². The van der Waals surface area contributed by atoms with E-state index in [1.54, 1.807) is 6.20 Å². The number of carbonyl (C=O) groups excluding carboxylic acids is 1. The van der Waals surface area contributed by atoms with Crippen molar-refractivity contribution < 1.29 is 4.79 Å². The molecule has 0 saturated heterocycles. The minimum Gasteiger partial charge on any atom is -0.343 e. The van der Waals surface area contributed by atoms with Gasteiger partial charge in [-0.05, 0) is 25.7 Å². The van der Waals surface area contributed by atoms with E-state index in [9.17, 15) is 9.59 Å². The van der Waals surface area contributed by atoms with E-state index in [1.165, 1.54) is 6.07 Å². The van der Waals surface area contributed by atoms with Gasteiger partial charge in [0.05, 0.1) is 17.9 Å². The molecule has 19 heavy (non-hydrogen) atoms. The Morgan fingerprint density at radius 1 is 1.47 bits per heavy atom. The second kappa shape index (κ2) is 4.42. The smallest absolute Gasteiger partial charge is 0.270 e. The molecule has 1 fully saturated rings. The lowest BCUT2D eigenvalue weighted by Gasteiger charge is -2.11. The fourth-order valence-corrected chi connectivity index (χ4v) is 2.11. The predicted molar refractivity (Wildman–Crippen MR) is 67.9 cm³/mol. The highest BCUT2D eigenvalue weighted by Crippen LogP contribution is 2.41. The van der Waals surface area contributed by atoms with Crippen molar-refractivity contribution in [2.24, 2.45) is 0 Å². The molecule has 0 radical (unpaired) electrons. The molecular weight excluding hydrogens is 246 g/mol. The summed E-state index contributed by atoms with van der Waals surface area (Å²) in [6.07, 6.45) is 3.94. The van der Waals surface area contributed by atoms with Gasteiger partial charge in [0.2, 0.25) is 0 Å². The van der Waals surface area contributed by atoms with Crippen LogP contribution in [0.15, 0.2) is 17.1 Å². The lowest BCUT2D eigenvalue weighted by atomic mass is 10.1. The maximum Gasteiger partial charge on any atom is 0.270 e. The largest absolute Gasteiger partial charge is 0.343 e. The molecule has 2 aromatic rings. The Bertz CT molecular complexity index is 649. The summed E-state index contributed by atoms with van der Waals surface area (Å²) in [4.78, 5) is 23.2. The number of hydrogen-bond donors (Lipinski definition) is 4. The van der Waals surface area contributed by atoms with Gasteiger partial charge in [0.25, 0.3) is 11.5 Å². The second-order valence-electron chi connectivity index (χ2n) is 4.88. The number of nitrogens with one attached hydrogen (secondary N) is 4. The highest BCUT2D eigenvalue weighted by atomic mass is 16.2. The molecule has 7 heteroatoms. The van der Waals surface area contributed by atoms with Crippen molar-refractivity contribution in [2.75, 3.05) is 0 Å². The maximum absolute atomic E-state index is 12.2. The van der Waals surface area contributed by atoms with Gasteiger partial charge in [-0.15, -0.1) is 0 Å². The summed E-state index contributed by atoms with van der Waals surface area (Å²) in [5.74, 6) is 0.260. The highest BCUT2D eigenvalue weighted by Gasteiger charge is 2.30. The molecule has 1 unspecified atom stereocenters. The summed E-state index contributed by atoms with van der Waals surface area (Å²) in [5, 5.41) is 14.7. The van der Waals surface area contributed by atoms with Crippen LogP contribution < -0.4 is 10.9 Å². The van der Waals surface area contributed by atoms with Crippen molar-refractivity contribution in [3.63, 3.8) is 0 Å². The van der Waals surface area contributed by atoms with Crippen LogP contribution in [0.3, 0.4) is 0 Å². The number of carbonyl (C=O) groups is 1. The Morgan fingerprint density at radius 2 is 2.26 bits per heavy atom. The lowest BCUT2D eigenvalue weighted by Crippen LogP contribution is -2.28. The van der Waals surface area contributed by atoms with Crippen molar-refractivity contribution >= 4 is 5.91 Å². The third kappa shape index (κ3) is 2.31. The van der Waals surface area contributed by atoms with Gasteiger partial charge >= 0.3 is 0 Å². The van der Waals surface area contributed by atoms with E-state index in [4.69, 9.17) is 0 Å². The standard InChI is InChI=1S/C12H15N5O2/c1-6(9-4-10(18)16-15-9)14-12(19)11-8(5-13-17-11)7-2-3-7/h4-7H,2-3H2,1H3,(H,13,17)(H,14,19)(H2,15,16,18). The molecule has 0 bridgehead atoms. The minimum absolute atomic E-state index is 0.200. The number of H-pyrrole nitrogens is 3. The lowest BCUT2D eigenvalue weighted by molar-refractivity contribution is 0.0933. The molecule has 0 aromatic carbocycles. The number of hydrogen-bond acceptors (Lipinski definition) is 3. The third-order valence-corrected chi connectivity index (χ3v) is 3.34. The first-order valence-electron chi connectivity index (χ1n) is 6.27. The quantitative estimate of drug-likeness (QED) is 0.653. The third-order valence-electron chi connectivity index (χ3n) is 3.34. The van der Waals surface area contributed by atoms with E-state index in [0.29, 0.717) is 17.3 Å². The monoisotopic (exact) mass is 261 g/mol. The summed E-state index contributed by atoms with van der Waals surface area (Å²) in [5.41, 5.74) is 1.93. The van der Waals surface area contributed by atoms with Gasteiger partial charge in [-0.1, -0.05) is 0 Å². The molecule has 1 aliphatic rings. The highest BCUT2D eigenvalue weighted by molar-refractivity contribution is 5.94. The average molecular weight is 261 g/mol. The van der Waals surface area contributed by atoms with Gasteiger partial charge < -0.3 is 10.4 Å². The number of nitrogens with zero attached hydrogens (tertiary/aromatic N) is 1. The first-order chi connectivity index (χ1) is 9.15. The Hall–Kier alpha value is -2.31. The van der Waals surface area contributed by atoms with Crippen molar-refractivity contribution in [2.45, 2.75) is 31.7 Å². The van der Waals surface area contributed by atoms with Gasteiger partial charge in [-0.2, -0.15) is 5.10 Å². The Balaban J connectivity index is 1.74. The zero-order chi connectivity index (χ0) is 13.4. The summed E-state index contributed by atoms with van der Waals surface area (Å²) < 4.78 is 0. The van der Waals surface area contributed by atoms with E-state index in [1.807, 2.05) is 6.92 Å². The van der Waals surface area contributed by atoms with Crippen LogP contribution in [-0.4, -0.2) is 26.3 Å². The number of aromatic amines is 3. The molecule has 4 N–H and O–H groups in total. The summed E-state index contributed by atoms with van der Waals surface area (Å²) in [6, 6.07) is 1.15. The molecule has 0 aliphatic heterocycles. The molecule has 1 saturated carbocycles. The van der Waals surface area contributed by atoms with Crippen molar-refractivity contribution in [3.05, 3.63) is 39.6 Å². The van der Waals surface area contributed by atoms with E-state index < -0.39 is 0 Å². The fourth-order valence-electron chi connectivity index (χ4n) is 2.11. The molecule has 2 aromatic heterocycles. The Morgan fingerprint density at radius 3 is 2.89 bits per heavy atom. The minimum atomic E-state index is -0.276. The first-order valence-corrected chi connectivity index (χ1v) is 6.27. The van der Waals surface area contributed by atoms with Crippen LogP contribution in [0, 0.1) is 0 Å². The van der Waals surface area contributed by atoms with Gasteiger partial charge in [0, 0.05) is 11.6 Å². The number of aromatic nitrogens is 4. The summed E-state index contributed by atoms with van der Waals surface area (Å²) in [7, 11) is 0. The van der Waals surface area contributed by atoms with Crippen molar-refractivity contribution in [3.8, 4) is 0 Å². The van der Waals surface area contributed by atoms with E-state index in [0.717, 1.165) is 18.4 Å². The molecule has 7 nitrogen and oxygen atoms in total. The molecule has 0 spiro atoms. The van der Waals surface area contributed by atoms with Crippen LogP contribution in [-0.2, 0) is 0 Å². The van der Waals surface area contributed by atoms with Crippen molar-refractivity contribution in [1.82, 2.24) is 25.7 Å². The van der Waals surface area contributed by atoms with Crippen LogP contribution in [0.1, 0.15) is 53.5 Å². The topological polar surface area (TPSA) is 106 Å². The maximum atomic E-state index is 12.2. The normalized spacial score (nSPS) is 16.3. The average Bonchev–Trinajstić information content (AvgIpc) is 2.94. The van der Waals surface area contributed by atoms with Crippen LogP contribution in [0.5, 0.6) is 0 Å². The van der Waals surface area contributed by atoms with Gasteiger partial charge in [-0.3, -0.25) is 19.8 Å². The van der Waals surface area contributed by atoms with E-state index >= 15 is 0 Å². The molecule has 100 valence electrons. The molecule has 3 rings (SSSR count). The Kier molecular flexibility index (Phi) is 2.73. The molecule has 1 aliphatic carbocycles. The first kappa shape index (κ1) is 11.8. The zero-order valence-electron chi connectivity index (χ0n) is 10.5. The molecule has 1 amide bonds. The molecule has 2 heterocycles. The van der Waals surface area contributed by atoms with Gasteiger partial charge in [0.15, 0.2) is 0 Å². The molecule has 1 atom stereocenters. The molecular formula is C12H15N5O2. The zero-order valence-corrected chi connectivity index (χ0v) is 10.5. The van der Waals surface area contributed by atoms with Crippen LogP contribution >= 0.6 is 0 Å². The van der Waals surface area contributed by atoms with Crippen molar-refractivity contribution in [1.29, 1.82) is 0 Å². The number of amides is 1. The Labute approximate surface area is 108 Å². The SMILES string of the molecule is CC(NC(=O)c1[nH]ncc1C1CC1)c1cc(=O)[nH][nH]1. The van der Waals surface area contributed by atoms with Gasteiger partial charge in [0.1, 0.15) is 5.69 Å². The van der Waals surface area contributed by atoms with Crippen LogP contribution in [0.4, 0.5) is 0 Å². The van der Waals surface area contributed by atoms with E-state index in [2.05, 4.69) is 25.7 Å². The van der Waals surface area contributed by atoms with Crippen LogP contribution in [0.2, 0.25) is 0 Å². The van der Waals surface area contributed by atoms with E-state index in [-0.39, 0.29) is 17.5 Å². The summed E-state index contributed by atoms with van der Waals surface area (Å²) in [6.45, 7) is 1.81. The predicted octanol–water partition coefficient (Wildman–Crippen LogP) is 0.794. The van der Waals surface area contributed by atoms with Crippen LogP contribution in [0.25, 0.3) is 0 Å². The second-order valence-corrected chi connectivity index (χ2v) is 4.88.